The standard InChI is InChI=1S/C12H12FNO3S/c13-7-3-4-8(12(16)17)9(6-7)14-11(15)10-2-1-5-18-10/h3-4,6,10H,1-2,5H2,(H,14,15)(H,16,17). The Morgan fingerprint density at radius 1 is 1.44 bits per heavy atom. The zero-order valence-electron chi connectivity index (χ0n) is 9.48. The smallest absolute Gasteiger partial charge is 0.337 e. The van der Waals surface area contributed by atoms with Gasteiger partial charge in [-0.1, -0.05) is 0 Å². The molecule has 0 bridgehead atoms. The molecule has 0 spiro atoms. The molecule has 1 unspecified atom stereocenters. The maximum absolute atomic E-state index is 13.1. The molecule has 0 aliphatic carbocycles. The van der Waals surface area contributed by atoms with Crippen LogP contribution in [-0.2, 0) is 4.79 Å². The molecule has 18 heavy (non-hydrogen) atoms. The van der Waals surface area contributed by atoms with Crippen LogP contribution in [0, 0.1) is 5.82 Å². The van der Waals surface area contributed by atoms with E-state index in [9.17, 15) is 14.0 Å². The highest BCUT2D eigenvalue weighted by molar-refractivity contribution is 8.00. The summed E-state index contributed by atoms with van der Waals surface area (Å²) in [6, 6.07) is 3.24. The van der Waals surface area contributed by atoms with Gasteiger partial charge in [0.2, 0.25) is 5.91 Å². The van der Waals surface area contributed by atoms with Gasteiger partial charge >= 0.3 is 5.97 Å². The number of thioether (sulfide) groups is 1. The molecule has 1 aliphatic rings. The predicted molar refractivity (Wildman–Crippen MR) is 67.5 cm³/mol. The van der Waals surface area contributed by atoms with Crippen molar-refractivity contribution in [1.29, 1.82) is 0 Å². The Kier molecular flexibility index (Phi) is 3.86. The third-order valence-electron chi connectivity index (χ3n) is 2.69. The number of rotatable bonds is 3. The Hall–Kier alpha value is -1.56. The normalized spacial score (nSPS) is 18.6. The molecule has 1 atom stereocenters. The van der Waals surface area contributed by atoms with Gasteiger partial charge < -0.3 is 10.4 Å². The molecule has 1 amide bonds. The average Bonchev–Trinajstić information content (AvgIpc) is 2.81. The van der Waals surface area contributed by atoms with Crippen molar-refractivity contribution in [2.75, 3.05) is 11.1 Å². The number of nitrogens with one attached hydrogen (secondary N) is 1. The number of aromatic carboxylic acids is 1. The molecule has 0 radical (unpaired) electrons. The summed E-state index contributed by atoms with van der Waals surface area (Å²) in [4.78, 5) is 22.8. The SMILES string of the molecule is O=C(O)c1ccc(F)cc1NC(=O)C1CCCS1. The van der Waals surface area contributed by atoms with Crippen molar-refractivity contribution in [2.45, 2.75) is 18.1 Å². The van der Waals surface area contributed by atoms with Crippen LogP contribution in [0.1, 0.15) is 23.2 Å². The first-order valence-corrected chi connectivity index (χ1v) is 6.58. The van der Waals surface area contributed by atoms with E-state index in [1.54, 1.807) is 0 Å². The Morgan fingerprint density at radius 3 is 2.83 bits per heavy atom. The van der Waals surface area contributed by atoms with Gasteiger partial charge in [-0.3, -0.25) is 4.79 Å². The van der Waals surface area contributed by atoms with Crippen LogP contribution in [0.25, 0.3) is 0 Å². The number of hydrogen-bond acceptors (Lipinski definition) is 3. The van der Waals surface area contributed by atoms with E-state index in [2.05, 4.69) is 5.32 Å². The summed E-state index contributed by atoms with van der Waals surface area (Å²) in [7, 11) is 0. The number of hydrogen-bond donors (Lipinski definition) is 2. The number of carboxylic acids is 1. The highest BCUT2D eigenvalue weighted by atomic mass is 32.2. The molecule has 4 nitrogen and oxygen atoms in total. The topological polar surface area (TPSA) is 66.4 Å². The molecule has 1 saturated heterocycles. The number of carbonyl (C=O) groups is 2. The predicted octanol–water partition coefficient (Wildman–Crippen LogP) is 2.36. The number of amides is 1. The highest BCUT2D eigenvalue weighted by Gasteiger charge is 2.24. The Morgan fingerprint density at radius 2 is 2.22 bits per heavy atom. The van der Waals surface area contributed by atoms with Crippen LogP contribution in [0.3, 0.4) is 0 Å². The monoisotopic (exact) mass is 269 g/mol. The van der Waals surface area contributed by atoms with Crippen LogP contribution < -0.4 is 5.32 Å². The zero-order valence-corrected chi connectivity index (χ0v) is 10.3. The second kappa shape index (κ2) is 5.39. The van der Waals surface area contributed by atoms with E-state index in [4.69, 9.17) is 5.11 Å². The molecular weight excluding hydrogens is 257 g/mol. The molecular formula is C12H12FNO3S. The van der Waals surface area contributed by atoms with Gasteiger partial charge in [-0.2, -0.15) is 0 Å². The minimum atomic E-state index is -1.19. The molecule has 1 fully saturated rings. The van der Waals surface area contributed by atoms with Crippen LogP contribution in [0.15, 0.2) is 18.2 Å². The quantitative estimate of drug-likeness (QED) is 0.884. The molecule has 6 heteroatoms. The molecule has 1 aromatic rings. The lowest BCUT2D eigenvalue weighted by Gasteiger charge is -2.12. The number of halogens is 1. The van der Waals surface area contributed by atoms with Gasteiger partial charge in [0.15, 0.2) is 0 Å². The Bertz CT molecular complexity index is 486. The number of benzene rings is 1. The molecule has 0 saturated carbocycles. The lowest BCUT2D eigenvalue weighted by molar-refractivity contribution is -0.115. The fourth-order valence-corrected chi connectivity index (χ4v) is 2.97. The van der Waals surface area contributed by atoms with Gasteiger partial charge in [-0.25, -0.2) is 9.18 Å². The minimum Gasteiger partial charge on any atom is -0.478 e. The molecule has 1 heterocycles. The van der Waals surface area contributed by atoms with Gasteiger partial charge in [0.1, 0.15) is 5.82 Å². The summed E-state index contributed by atoms with van der Waals surface area (Å²) in [6.07, 6.45) is 1.74. The van der Waals surface area contributed by atoms with Crippen LogP contribution in [0.2, 0.25) is 0 Å². The van der Waals surface area contributed by atoms with Crippen molar-refractivity contribution in [1.82, 2.24) is 0 Å². The first kappa shape index (κ1) is 12.9. The van der Waals surface area contributed by atoms with E-state index in [0.717, 1.165) is 36.8 Å². The van der Waals surface area contributed by atoms with Crippen LogP contribution >= 0.6 is 11.8 Å². The largest absolute Gasteiger partial charge is 0.478 e. The zero-order chi connectivity index (χ0) is 13.1. The van der Waals surface area contributed by atoms with Gasteiger partial charge in [0, 0.05) is 0 Å². The lowest BCUT2D eigenvalue weighted by atomic mass is 10.1. The molecule has 0 aromatic heterocycles. The van der Waals surface area contributed by atoms with Gasteiger partial charge in [-0.15, -0.1) is 11.8 Å². The number of carboxylic acid groups (broad SMARTS) is 1. The van der Waals surface area contributed by atoms with Crippen molar-refractivity contribution in [2.24, 2.45) is 0 Å². The van der Waals surface area contributed by atoms with Gasteiger partial charge in [0.25, 0.3) is 0 Å². The summed E-state index contributed by atoms with van der Waals surface area (Å²) in [6.45, 7) is 0. The molecule has 1 aromatic carbocycles. The van der Waals surface area contributed by atoms with Gasteiger partial charge in [0.05, 0.1) is 16.5 Å². The fraction of sp³-hybridized carbons (Fsp3) is 0.333. The van der Waals surface area contributed by atoms with E-state index in [0.29, 0.717) is 0 Å². The van der Waals surface area contributed by atoms with Crippen LogP contribution in [0.4, 0.5) is 10.1 Å². The van der Waals surface area contributed by atoms with Crippen molar-refractivity contribution in [3.63, 3.8) is 0 Å². The summed E-state index contributed by atoms with van der Waals surface area (Å²) in [5.74, 6) is -1.10. The number of carbonyl (C=O) groups excluding carboxylic acids is 1. The van der Waals surface area contributed by atoms with Crippen molar-refractivity contribution >= 4 is 29.3 Å². The summed E-state index contributed by atoms with van der Waals surface area (Å²) in [5, 5.41) is 11.3. The maximum atomic E-state index is 13.1. The van der Waals surface area contributed by atoms with E-state index in [1.165, 1.54) is 11.8 Å². The van der Waals surface area contributed by atoms with E-state index >= 15 is 0 Å². The number of anilines is 1. The van der Waals surface area contributed by atoms with E-state index in [1.807, 2.05) is 0 Å². The second-order valence-corrected chi connectivity index (χ2v) is 5.30. The van der Waals surface area contributed by atoms with Crippen LogP contribution in [-0.4, -0.2) is 28.0 Å². The minimum absolute atomic E-state index is 0.0139. The Labute approximate surface area is 108 Å². The maximum Gasteiger partial charge on any atom is 0.337 e. The molecule has 1 aliphatic heterocycles. The fourth-order valence-electron chi connectivity index (χ4n) is 1.80. The van der Waals surface area contributed by atoms with Gasteiger partial charge in [-0.05, 0) is 36.8 Å². The summed E-state index contributed by atoms with van der Waals surface area (Å²) >= 11 is 1.53. The third-order valence-corrected chi connectivity index (χ3v) is 4.07. The average molecular weight is 269 g/mol. The van der Waals surface area contributed by atoms with Crippen LogP contribution in [0.5, 0.6) is 0 Å². The molecule has 96 valence electrons. The third kappa shape index (κ3) is 2.81. The highest BCUT2D eigenvalue weighted by Crippen LogP contribution is 2.28. The molecule has 2 rings (SSSR count). The first-order chi connectivity index (χ1) is 8.58. The van der Waals surface area contributed by atoms with Crippen molar-refractivity contribution < 1.29 is 19.1 Å². The van der Waals surface area contributed by atoms with Crippen molar-refractivity contribution in [3.05, 3.63) is 29.6 Å². The second-order valence-electron chi connectivity index (χ2n) is 3.99. The Balaban J connectivity index is 2.19. The summed E-state index contributed by atoms with van der Waals surface area (Å²) < 4.78 is 13.1. The first-order valence-electron chi connectivity index (χ1n) is 5.53. The lowest BCUT2D eigenvalue weighted by Crippen LogP contribution is -2.24. The van der Waals surface area contributed by atoms with E-state index < -0.39 is 11.8 Å². The van der Waals surface area contributed by atoms with E-state index in [-0.39, 0.29) is 22.4 Å². The van der Waals surface area contributed by atoms with Crippen molar-refractivity contribution in [3.8, 4) is 0 Å². The summed E-state index contributed by atoms with van der Waals surface area (Å²) in [5.41, 5.74) is -0.0900. The molecule has 2 N–H and O–H groups in total.